The molecule has 0 amide bonds. The van der Waals surface area contributed by atoms with Crippen molar-refractivity contribution in [3.63, 3.8) is 0 Å². The molecule has 0 saturated carbocycles. The summed E-state index contributed by atoms with van der Waals surface area (Å²) in [6.45, 7) is 1.91. The lowest BCUT2D eigenvalue weighted by molar-refractivity contribution is 0.499. The molecule has 1 aromatic carbocycles. The number of para-hydroxylation sites is 1. The summed E-state index contributed by atoms with van der Waals surface area (Å²) < 4.78 is 1.87. The maximum atomic E-state index is 4.59. The average molecular weight is 345 g/mol. The minimum absolute atomic E-state index is 0.445. The van der Waals surface area contributed by atoms with Gasteiger partial charge in [-0.15, -0.1) is 0 Å². The van der Waals surface area contributed by atoms with Gasteiger partial charge in [-0.2, -0.15) is 10.2 Å². The second-order valence-electron chi connectivity index (χ2n) is 6.62. The van der Waals surface area contributed by atoms with Gasteiger partial charge in [-0.1, -0.05) is 18.2 Å². The Labute approximate surface area is 150 Å². The summed E-state index contributed by atoms with van der Waals surface area (Å²) in [4.78, 5) is 11.4. The lowest BCUT2D eigenvalue weighted by atomic mass is 9.95. The first-order valence-corrected chi connectivity index (χ1v) is 8.88. The number of anilines is 1. The fraction of sp³-hybridized carbons (Fsp3) is 0.263. The Hall–Kier alpha value is -3.22. The second kappa shape index (κ2) is 6.25. The van der Waals surface area contributed by atoms with Gasteiger partial charge in [0, 0.05) is 30.9 Å². The van der Waals surface area contributed by atoms with Crippen molar-refractivity contribution in [2.24, 2.45) is 0 Å². The first-order valence-electron chi connectivity index (χ1n) is 8.88. The van der Waals surface area contributed by atoms with E-state index in [1.807, 2.05) is 47.4 Å². The molecule has 7 nitrogen and oxygen atoms in total. The molecule has 5 rings (SSSR count). The van der Waals surface area contributed by atoms with Gasteiger partial charge in [-0.05, 0) is 31.0 Å². The summed E-state index contributed by atoms with van der Waals surface area (Å²) >= 11 is 0. The number of H-pyrrole nitrogens is 1. The highest BCUT2D eigenvalue weighted by atomic mass is 15.3. The second-order valence-corrected chi connectivity index (χ2v) is 6.62. The van der Waals surface area contributed by atoms with Crippen LogP contribution in [-0.4, -0.2) is 43.0 Å². The number of hydrogen-bond donors (Lipinski definition) is 1. The van der Waals surface area contributed by atoms with Gasteiger partial charge >= 0.3 is 0 Å². The van der Waals surface area contributed by atoms with Crippen LogP contribution in [0.1, 0.15) is 24.5 Å². The Morgan fingerprint density at radius 2 is 2.00 bits per heavy atom. The minimum atomic E-state index is 0.445. The summed E-state index contributed by atoms with van der Waals surface area (Å²) in [6.07, 6.45) is 7.62. The molecule has 0 bridgehead atoms. The third-order valence-electron chi connectivity index (χ3n) is 5.03. The molecule has 1 aliphatic heterocycles. The van der Waals surface area contributed by atoms with Gasteiger partial charge in [0.05, 0.1) is 17.3 Å². The molecule has 1 N–H and O–H groups in total. The maximum absolute atomic E-state index is 4.59. The van der Waals surface area contributed by atoms with Crippen LogP contribution in [0, 0.1) is 0 Å². The van der Waals surface area contributed by atoms with Gasteiger partial charge in [0.15, 0.2) is 5.65 Å². The molecule has 1 saturated heterocycles. The van der Waals surface area contributed by atoms with Gasteiger partial charge < -0.3 is 4.90 Å². The number of rotatable bonds is 3. The number of piperidine rings is 1. The van der Waals surface area contributed by atoms with Gasteiger partial charge in [0.1, 0.15) is 12.1 Å². The molecule has 4 aromatic rings. The summed E-state index contributed by atoms with van der Waals surface area (Å²) in [5, 5.41) is 12.8. The van der Waals surface area contributed by atoms with E-state index in [1.54, 1.807) is 6.33 Å². The van der Waals surface area contributed by atoms with Crippen LogP contribution in [0.2, 0.25) is 0 Å². The van der Waals surface area contributed by atoms with Crippen LogP contribution in [0.15, 0.2) is 55.1 Å². The van der Waals surface area contributed by atoms with Crippen molar-refractivity contribution in [1.82, 2.24) is 29.9 Å². The Morgan fingerprint density at radius 1 is 1.08 bits per heavy atom. The van der Waals surface area contributed by atoms with Gasteiger partial charge in [0.25, 0.3) is 0 Å². The quantitative estimate of drug-likeness (QED) is 0.618. The number of aromatic nitrogens is 6. The van der Waals surface area contributed by atoms with Gasteiger partial charge in [-0.3, -0.25) is 5.10 Å². The van der Waals surface area contributed by atoms with Gasteiger partial charge in [-0.25, -0.2) is 14.6 Å². The number of aromatic amines is 1. The van der Waals surface area contributed by atoms with Crippen molar-refractivity contribution in [1.29, 1.82) is 0 Å². The summed E-state index contributed by atoms with van der Waals surface area (Å²) in [6, 6.07) is 12.1. The van der Waals surface area contributed by atoms with Crippen LogP contribution >= 0.6 is 0 Å². The van der Waals surface area contributed by atoms with E-state index >= 15 is 0 Å². The average Bonchev–Trinajstić information content (AvgIpc) is 3.38. The minimum Gasteiger partial charge on any atom is -0.355 e. The number of nitrogens with zero attached hydrogens (tertiary/aromatic N) is 6. The van der Waals surface area contributed by atoms with Crippen LogP contribution < -0.4 is 4.90 Å². The zero-order valence-corrected chi connectivity index (χ0v) is 14.3. The first-order chi connectivity index (χ1) is 12.9. The molecule has 7 heteroatoms. The van der Waals surface area contributed by atoms with Crippen LogP contribution in [0.3, 0.4) is 0 Å². The highest BCUT2D eigenvalue weighted by Crippen LogP contribution is 2.31. The molecule has 1 fully saturated rings. The summed E-state index contributed by atoms with van der Waals surface area (Å²) in [5.74, 6) is 1.40. The lowest BCUT2D eigenvalue weighted by Gasteiger charge is -2.33. The van der Waals surface area contributed by atoms with Crippen molar-refractivity contribution >= 4 is 16.9 Å². The first kappa shape index (κ1) is 15.1. The van der Waals surface area contributed by atoms with E-state index in [4.69, 9.17) is 0 Å². The number of nitrogens with one attached hydrogen (secondary N) is 1. The zero-order chi connectivity index (χ0) is 17.3. The molecular weight excluding hydrogens is 326 g/mol. The van der Waals surface area contributed by atoms with Crippen molar-refractivity contribution in [2.45, 2.75) is 18.8 Å². The molecule has 0 spiro atoms. The molecule has 26 heavy (non-hydrogen) atoms. The molecule has 1 aliphatic rings. The highest BCUT2D eigenvalue weighted by molar-refractivity contribution is 5.87. The van der Waals surface area contributed by atoms with E-state index in [1.165, 1.54) is 5.69 Å². The van der Waals surface area contributed by atoms with Crippen molar-refractivity contribution < 1.29 is 0 Å². The Morgan fingerprint density at radius 3 is 2.85 bits per heavy atom. The van der Waals surface area contributed by atoms with Crippen LogP contribution in [0.5, 0.6) is 0 Å². The normalized spacial score (nSPS) is 17.7. The van der Waals surface area contributed by atoms with Crippen molar-refractivity contribution in [3.8, 4) is 5.69 Å². The molecule has 4 heterocycles. The van der Waals surface area contributed by atoms with Crippen LogP contribution in [-0.2, 0) is 0 Å². The third kappa shape index (κ3) is 2.52. The molecule has 1 atom stereocenters. The van der Waals surface area contributed by atoms with E-state index in [0.29, 0.717) is 5.92 Å². The Balaban J connectivity index is 1.52. The SMILES string of the molecule is c1ccc(-n2ncc3c(N4CCCC(c5ccn[nH]5)C4)ncnc32)cc1. The third-order valence-corrected chi connectivity index (χ3v) is 5.03. The fourth-order valence-electron chi connectivity index (χ4n) is 3.76. The number of fused-ring (bicyclic) bond motifs is 1. The van der Waals surface area contributed by atoms with Crippen molar-refractivity contribution in [2.75, 3.05) is 18.0 Å². The standard InChI is InChI=1S/C19H19N7/c1-2-6-15(7-3-1)26-19-16(11-23-26)18(20-13-21-19)25-10-4-5-14(12-25)17-8-9-22-24-17/h1-3,6-9,11,13-14H,4-5,10,12H2,(H,22,24). The van der Waals surface area contributed by atoms with Gasteiger partial charge in [0.2, 0.25) is 0 Å². The molecule has 0 aliphatic carbocycles. The highest BCUT2D eigenvalue weighted by Gasteiger charge is 2.25. The van der Waals surface area contributed by atoms with E-state index in [2.05, 4.69) is 36.2 Å². The van der Waals surface area contributed by atoms with E-state index in [0.717, 1.165) is 48.5 Å². The maximum Gasteiger partial charge on any atom is 0.168 e. The fourth-order valence-corrected chi connectivity index (χ4v) is 3.76. The predicted molar refractivity (Wildman–Crippen MR) is 99.4 cm³/mol. The monoisotopic (exact) mass is 345 g/mol. The molecule has 130 valence electrons. The summed E-state index contributed by atoms with van der Waals surface area (Å²) in [5.41, 5.74) is 3.03. The largest absolute Gasteiger partial charge is 0.355 e. The molecule has 0 radical (unpaired) electrons. The Bertz CT molecular complexity index is 1010. The van der Waals surface area contributed by atoms with Crippen LogP contribution in [0.25, 0.3) is 16.7 Å². The van der Waals surface area contributed by atoms with Crippen molar-refractivity contribution in [3.05, 3.63) is 60.8 Å². The number of hydrogen-bond acceptors (Lipinski definition) is 5. The topological polar surface area (TPSA) is 75.5 Å². The summed E-state index contributed by atoms with van der Waals surface area (Å²) in [7, 11) is 0. The molecule has 1 unspecified atom stereocenters. The molecular formula is C19H19N7. The molecule has 3 aromatic heterocycles. The van der Waals surface area contributed by atoms with E-state index in [9.17, 15) is 0 Å². The lowest BCUT2D eigenvalue weighted by Crippen LogP contribution is -2.35. The predicted octanol–water partition coefficient (Wildman–Crippen LogP) is 2.92. The Kier molecular flexibility index (Phi) is 3.62. The van der Waals surface area contributed by atoms with E-state index in [-0.39, 0.29) is 0 Å². The zero-order valence-electron chi connectivity index (χ0n) is 14.3. The smallest absolute Gasteiger partial charge is 0.168 e. The van der Waals surface area contributed by atoms with E-state index < -0.39 is 0 Å². The number of benzene rings is 1. The van der Waals surface area contributed by atoms with Crippen LogP contribution in [0.4, 0.5) is 5.82 Å².